The predicted molar refractivity (Wildman–Crippen MR) is 265 cm³/mol. The summed E-state index contributed by atoms with van der Waals surface area (Å²) in [6.45, 7) is 0. The average molecular weight is 876 g/mol. The van der Waals surface area contributed by atoms with Gasteiger partial charge in [0.1, 0.15) is 17.5 Å². The quantitative estimate of drug-likeness (QED) is 0.116. The zero-order valence-corrected chi connectivity index (χ0v) is 36.6. The van der Waals surface area contributed by atoms with Crippen molar-refractivity contribution in [1.82, 2.24) is 15.0 Å². The van der Waals surface area contributed by atoms with Crippen molar-refractivity contribution in [3.8, 4) is 78.3 Å². The van der Waals surface area contributed by atoms with E-state index in [1.807, 2.05) is 73.2 Å². The highest BCUT2D eigenvalue weighted by atomic mass is 19.1. The Bertz CT molecular complexity index is 3150. The number of nitrogens with zero attached hydrogens (tertiary/aromatic N) is 3. The van der Waals surface area contributed by atoms with Gasteiger partial charge in [-0.15, -0.1) is 0 Å². The summed E-state index contributed by atoms with van der Waals surface area (Å²) in [5, 5.41) is 0. The number of pyridine rings is 3. The van der Waals surface area contributed by atoms with E-state index in [9.17, 15) is 8.78 Å². The lowest BCUT2D eigenvalue weighted by atomic mass is 9.87. The summed E-state index contributed by atoms with van der Waals surface area (Å²) in [6, 6.07) is 63.7. The van der Waals surface area contributed by atoms with Crippen molar-refractivity contribution in [2.75, 3.05) is 0 Å². The smallest absolute Gasteiger partial charge is 0.123 e. The molecule has 0 aliphatic heterocycles. The molecule has 0 saturated heterocycles. The van der Waals surface area contributed by atoms with Crippen LogP contribution in [0.15, 0.2) is 219 Å². The maximum absolute atomic E-state index is 15.7. The summed E-state index contributed by atoms with van der Waals surface area (Å²) in [7, 11) is 0. The fourth-order valence-corrected chi connectivity index (χ4v) is 8.65. The van der Waals surface area contributed by atoms with Gasteiger partial charge in [0.15, 0.2) is 0 Å². The van der Waals surface area contributed by atoms with Crippen molar-refractivity contribution in [1.29, 1.82) is 0 Å². The van der Waals surface area contributed by atoms with Gasteiger partial charge in [0.05, 0.1) is 17.1 Å². The fraction of sp³-hybridized carbons (Fsp3) is 0.0656. The minimum absolute atomic E-state index is 0.282. The van der Waals surface area contributed by atoms with Gasteiger partial charge < -0.3 is 0 Å². The predicted octanol–water partition coefficient (Wildman–Crippen LogP) is 15.5. The maximum atomic E-state index is 15.7. The summed E-state index contributed by atoms with van der Waals surface area (Å²) in [4.78, 5) is 14.4. The Morgan fingerprint density at radius 3 is 1.22 bits per heavy atom. The number of rotatable bonds is 13. The molecule has 0 bridgehead atoms. The van der Waals surface area contributed by atoms with Crippen LogP contribution < -0.4 is 0 Å². The zero-order chi connectivity index (χ0) is 45.5. The van der Waals surface area contributed by atoms with Gasteiger partial charge in [-0.1, -0.05) is 121 Å². The SMILES string of the molecule is Fc1ccc(-c2ccc(CCc3cc(CCc4ccc(-c5ccc(F)cc5)nc4)cc(-c4cc(F)ccc4-c4cnc(-c5ccccc5)cc4-c4ccc(-c5ccccc5)cc4)c3)cn2)cc1. The van der Waals surface area contributed by atoms with Gasteiger partial charge in [0.2, 0.25) is 0 Å². The van der Waals surface area contributed by atoms with Crippen LogP contribution in [0.3, 0.4) is 0 Å². The number of hydrogen-bond donors (Lipinski definition) is 0. The molecule has 0 amide bonds. The molecule has 3 nitrogen and oxygen atoms in total. The number of aromatic nitrogens is 3. The minimum Gasteiger partial charge on any atom is -0.256 e. The molecule has 0 spiro atoms. The molecule has 0 atom stereocenters. The van der Waals surface area contributed by atoms with Crippen LogP contribution >= 0.6 is 0 Å². The second-order valence-electron chi connectivity index (χ2n) is 16.8. The monoisotopic (exact) mass is 875 g/mol. The Kier molecular flexibility index (Phi) is 12.4. The summed E-state index contributed by atoms with van der Waals surface area (Å²) in [6.07, 6.45) is 8.62. The van der Waals surface area contributed by atoms with E-state index in [-0.39, 0.29) is 17.5 Å². The standard InChI is InChI=1S/C61H44F3N3/c62-52-25-21-49(22-26-52)59-31-15-41(38-65-59)11-13-43-33-44(14-12-42-16-32-60(66-39-42)50-23-27-53(63)28-24-50)35-51(34-43)56-36-54(64)29-30-55(56)58-40-67-61(48-9-5-2-6-10-48)37-57(58)47-19-17-46(18-20-47)45-7-3-1-4-8-45/h1-10,15-40H,11-14H2. The van der Waals surface area contributed by atoms with E-state index in [4.69, 9.17) is 15.0 Å². The Balaban J connectivity index is 1.02. The topological polar surface area (TPSA) is 38.7 Å². The molecule has 0 aliphatic carbocycles. The molecule has 324 valence electrons. The van der Waals surface area contributed by atoms with E-state index in [0.29, 0.717) is 0 Å². The van der Waals surface area contributed by atoms with E-state index >= 15 is 4.39 Å². The molecule has 0 aliphatic rings. The molecule has 0 unspecified atom stereocenters. The fourth-order valence-electron chi connectivity index (χ4n) is 8.65. The molecule has 3 aromatic heterocycles. The molecular formula is C61H44F3N3. The molecule has 3 heterocycles. The summed E-state index contributed by atoms with van der Waals surface area (Å²) in [5.74, 6) is -0.890. The molecule has 0 saturated carbocycles. The van der Waals surface area contributed by atoms with Crippen LogP contribution in [0.1, 0.15) is 22.3 Å². The largest absolute Gasteiger partial charge is 0.256 e. The van der Waals surface area contributed by atoms with Crippen molar-refractivity contribution in [3.63, 3.8) is 0 Å². The normalized spacial score (nSPS) is 11.1. The lowest BCUT2D eigenvalue weighted by molar-refractivity contribution is 0.627. The van der Waals surface area contributed by atoms with E-state index in [0.717, 1.165) is 126 Å². The molecule has 10 rings (SSSR count). The number of benzene rings is 7. The summed E-state index contributed by atoms with van der Waals surface area (Å²) >= 11 is 0. The highest BCUT2D eigenvalue weighted by Gasteiger charge is 2.18. The van der Waals surface area contributed by atoms with Gasteiger partial charge in [-0.25, -0.2) is 13.2 Å². The third kappa shape index (κ3) is 10.0. The molecular weight excluding hydrogens is 832 g/mol. The minimum atomic E-state index is -0.326. The van der Waals surface area contributed by atoms with Crippen LogP contribution in [-0.4, -0.2) is 15.0 Å². The molecule has 0 N–H and O–H groups in total. The summed E-state index contributed by atoms with van der Waals surface area (Å²) in [5.41, 5.74) is 17.2. The van der Waals surface area contributed by atoms with Crippen molar-refractivity contribution < 1.29 is 13.2 Å². The third-order valence-corrected chi connectivity index (χ3v) is 12.2. The van der Waals surface area contributed by atoms with Gasteiger partial charge in [0, 0.05) is 40.8 Å². The molecule has 10 aromatic rings. The Hall–Kier alpha value is -8.22. The second-order valence-corrected chi connectivity index (χ2v) is 16.8. The lowest BCUT2D eigenvalue weighted by Crippen LogP contribution is -1.99. The van der Waals surface area contributed by atoms with Crippen LogP contribution in [0, 0.1) is 17.5 Å². The van der Waals surface area contributed by atoms with Crippen LogP contribution in [-0.2, 0) is 25.7 Å². The van der Waals surface area contributed by atoms with Gasteiger partial charge in [0.25, 0.3) is 0 Å². The zero-order valence-electron chi connectivity index (χ0n) is 36.6. The van der Waals surface area contributed by atoms with Crippen LogP contribution in [0.4, 0.5) is 13.2 Å². The Morgan fingerprint density at radius 1 is 0.254 bits per heavy atom. The van der Waals surface area contributed by atoms with Gasteiger partial charge >= 0.3 is 0 Å². The van der Waals surface area contributed by atoms with Gasteiger partial charge in [-0.05, 0) is 166 Å². The number of halogens is 3. The molecule has 6 heteroatoms. The van der Waals surface area contributed by atoms with Crippen LogP contribution in [0.5, 0.6) is 0 Å². The highest BCUT2D eigenvalue weighted by Crippen LogP contribution is 2.41. The highest BCUT2D eigenvalue weighted by molar-refractivity contribution is 5.93. The molecule has 7 aromatic carbocycles. The third-order valence-electron chi connectivity index (χ3n) is 12.2. The lowest BCUT2D eigenvalue weighted by Gasteiger charge is -2.18. The van der Waals surface area contributed by atoms with Crippen LogP contribution in [0.25, 0.3) is 78.3 Å². The maximum Gasteiger partial charge on any atom is 0.123 e. The van der Waals surface area contributed by atoms with Crippen molar-refractivity contribution in [3.05, 3.63) is 258 Å². The van der Waals surface area contributed by atoms with Crippen molar-refractivity contribution >= 4 is 0 Å². The average Bonchev–Trinajstić information content (AvgIpc) is 3.38. The molecule has 67 heavy (non-hydrogen) atoms. The van der Waals surface area contributed by atoms with Crippen molar-refractivity contribution in [2.24, 2.45) is 0 Å². The Labute approximate surface area is 389 Å². The van der Waals surface area contributed by atoms with E-state index < -0.39 is 0 Å². The van der Waals surface area contributed by atoms with Crippen LogP contribution in [0.2, 0.25) is 0 Å². The van der Waals surface area contributed by atoms with E-state index in [1.165, 1.54) is 30.3 Å². The first-order valence-electron chi connectivity index (χ1n) is 22.4. The van der Waals surface area contributed by atoms with E-state index in [1.54, 1.807) is 30.3 Å². The van der Waals surface area contributed by atoms with Gasteiger partial charge in [-0.3, -0.25) is 15.0 Å². The number of hydrogen-bond acceptors (Lipinski definition) is 3. The number of aryl methyl sites for hydroxylation is 4. The van der Waals surface area contributed by atoms with E-state index in [2.05, 4.69) is 84.9 Å². The second kappa shape index (κ2) is 19.5. The Morgan fingerprint density at radius 2 is 0.687 bits per heavy atom. The van der Waals surface area contributed by atoms with Crippen molar-refractivity contribution in [2.45, 2.75) is 25.7 Å². The summed E-state index contributed by atoms with van der Waals surface area (Å²) < 4.78 is 42.9. The first-order valence-corrected chi connectivity index (χ1v) is 22.4. The first-order chi connectivity index (χ1) is 32.9. The van der Waals surface area contributed by atoms with Gasteiger partial charge in [-0.2, -0.15) is 0 Å². The molecule has 0 fully saturated rings. The first kappa shape index (κ1) is 42.7. The molecule has 0 radical (unpaired) electrons.